The van der Waals surface area contributed by atoms with Crippen LogP contribution in [0.5, 0.6) is 0 Å². The largest absolute Gasteiger partial charge is 0.355 e. The summed E-state index contributed by atoms with van der Waals surface area (Å²) in [7, 11) is 0. The monoisotopic (exact) mass is 257 g/mol. The summed E-state index contributed by atoms with van der Waals surface area (Å²) in [6.07, 6.45) is 4.04. The van der Waals surface area contributed by atoms with Crippen molar-refractivity contribution >= 4 is 5.91 Å². The van der Waals surface area contributed by atoms with Gasteiger partial charge in [0.25, 0.3) is 0 Å². The number of nitrogens with one attached hydrogen (secondary N) is 1. The van der Waals surface area contributed by atoms with Gasteiger partial charge in [0.05, 0.1) is 0 Å². The molecule has 4 heteroatoms. The first-order valence-electron chi connectivity index (χ1n) is 6.55. The van der Waals surface area contributed by atoms with Crippen molar-refractivity contribution in [2.24, 2.45) is 0 Å². The Bertz CT molecular complexity index is 493. The van der Waals surface area contributed by atoms with Crippen molar-refractivity contribution in [3.05, 3.63) is 54.4 Å². The molecule has 2 aromatic rings. The van der Waals surface area contributed by atoms with E-state index in [2.05, 4.69) is 29.5 Å². The quantitative estimate of drug-likeness (QED) is 0.862. The number of hydrogen-bond donors (Lipinski definition) is 1. The molecule has 0 saturated carbocycles. The molecule has 0 bridgehead atoms. The Morgan fingerprint density at radius 1 is 1.32 bits per heavy atom. The van der Waals surface area contributed by atoms with Crippen molar-refractivity contribution in [3.63, 3.8) is 0 Å². The fourth-order valence-corrected chi connectivity index (χ4v) is 1.90. The number of hydrogen-bond acceptors (Lipinski definition) is 2. The molecule has 0 aliphatic rings. The maximum Gasteiger partial charge on any atom is 0.221 e. The van der Waals surface area contributed by atoms with Gasteiger partial charge in [-0.3, -0.25) is 9.48 Å². The van der Waals surface area contributed by atoms with E-state index >= 15 is 0 Å². The third kappa shape index (κ3) is 4.25. The molecule has 0 saturated heterocycles. The third-order valence-corrected chi connectivity index (χ3v) is 3.10. The minimum atomic E-state index is 0.0679. The Balaban J connectivity index is 1.71. The first-order chi connectivity index (χ1) is 9.25. The van der Waals surface area contributed by atoms with E-state index in [1.54, 1.807) is 10.9 Å². The third-order valence-electron chi connectivity index (χ3n) is 3.10. The smallest absolute Gasteiger partial charge is 0.221 e. The molecule has 1 N–H and O–H groups in total. The minimum absolute atomic E-state index is 0.0679. The molecule has 2 rings (SSSR count). The van der Waals surface area contributed by atoms with Crippen LogP contribution >= 0.6 is 0 Å². The van der Waals surface area contributed by atoms with Gasteiger partial charge >= 0.3 is 0 Å². The molecule has 0 unspecified atom stereocenters. The molecule has 0 aliphatic heterocycles. The Hall–Kier alpha value is -2.10. The van der Waals surface area contributed by atoms with Gasteiger partial charge in [-0.15, -0.1) is 0 Å². The molecule has 1 amide bonds. The maximum atomic E-state index is 11.7. The predicted molar refractivity (Wildman–Crippen MR) is 74.7 cm³/mol. The summed E-state index contributed by atoms with van der Waals surface area (Å²) in [5.41, 5.74) is 1.25. The predicted octanol–water partition coefficient (Wildman–Crippen LogP) is 2.19. The van der Waals surface area contributed by atoms with E-state index in [1.165, 1.54) is 5.56 Å². The van der Waals surface area contributed by atoms with Gasteiger partial charge in [0.2, 0.25) is 5.91 Å². The Morgan fingerprint density at radius 3 is 2.79 bits per heavy atom. The number of amides is 1. The first kappa shape index (κ1) is 13.3. The first-order valence-corrected chi connectivity index (χ1v) is 6.55. The fourth-order valence-electron chi connectivity index (χ4n) is 1.90. The van der Waals surface area contributed by atoms with Gasteiger partial charge < -0.3 is 5.32 Å². The van der Waals surface area contributed by atoms with Crippen LogP contribution in [-0.4, -0.2) is 22.2 Å². The van der Waals surface area contributed by atoms with Crippen LogP contribution in [0.3, 0.4) is 0 Å². The molecule has 1 atom stereocenters. The van der Waals surface area contributed by atoms with Crippen LogP contribution in [0, 0.1) is 0 Å². The summed E-state index contributed by atoms with van der Waals surface area (Å²) in [6, 6.07) is 12.1. The molecule has 1 heterocycles. The van der Waals surface area contributed by atoms with Gasteiger partial charge in [0, 0.05) is 31.9 Å². The molecule has 100 valence electrons. The molecule has 1 aromatic heterocycles. The highest BCUT2D eigenvalue weighted by atomic mass is 16.1. The van der Waals surface area contributed by atoms with Gasteiger partial charge in [0.1, 0.15) is 0 Å². The molecule has 0 spiro atoms. The SMILES string of the molecule is C[C@H](CNC(=O)CCn1cccn1)c1ccccc1. The Kier molecular flexibility index (Phi) is 4.72. The van der Waals surface area contributed by atoms with E-state index in [-0.39, 0.29) is 5.91 Å². The average molecular weight is 257 g/mol. The average Bonchev–Trinajstić information content (AvgIpc) is 2.96. The number of carbonyl (C=O) groups is 1. The second kappa shape index (κ2) is 6.73. The highest BCUT2D eigenvalue weighted by Crippen LogP contribution is 2.12. The van der Waals surface area contributed by atoms with Gasteiger partial charge in [-0.2, -0.15) is 5.10 Å². The van der Waals surface area contributed by atoms with E-state index < -0.39 is 0 Å². The summed E-state index contributed by atoms with van der Waals surface area (Å²) < 4.78 is 1.76. The zero-order valence-corrected chi connectivity index (χ0v) is 11.1. The molecule has 19 heavy (non-hydrogen) atoms. The van der Waals surface area contributed by atoms with Crippen LogP contribution in [0.25, 0.3) is 0 Å². The fraction of sp³-hybridized carbons (Fsp3) is 0.333. The lowest BCUT2D eigenvalue weighted by Gasteiger charge is -2.13. The summed E-state index contributed by atoms with van der Waals surface area (Å²) in [4.78, 5) is 11.7. The minimum Gasteiger partial charge on any atom is -0.355 e. The standard InChI is InChI=1S/C15H19N3O/c1-13(14-6-3-2-4-7-14)12-16-15(19)8-11-18-10-5-9-17-18/h2-7,9-10,13H,8,11-12H2,1H3,(H,16,19)/t13-/m1/s1. The Labute approximate surface area is 113 Å². The molecule has 0 fully saturated rings. The van der Waals surface area contributed by atoms with Crippen LogP contribution in [-0.2, 0) is 11.3 Å². The topological polar surface area (TPSA) is 46.9 Å². The van der Waals surface area contributed by atoms with E-state index in [0.717, 1.165) is 0 Å². The van der Waals surface area contributed by atoms with Crippen LogP contribution in [0.2, 0.25) is 0 Å². The molecular weight excluding hydrogens is 238 g/mol. The van der Waals surface area contributed by atoms with Crippen molar-refractivity contribution in [1.29, 1.82) is 0 Å². The van der Waals surface area contributed by atoms with Crippen LogP contribution in [0.4, 0.5) is 0 Å². The van der Waals surface area contributed by atoms with E-state index in [9.17, 15) is 4.79 Å². The number of benzene rings is 1. The van der Waals surface area contributed by atoms with Crippen molar-refractivity contribution in [1.82, 2.24) is 15.1 Å². The van der Waals surface area contributed by atoms with Gasteiger partial charge in [0.15, 0.2) is 0 Å². The van der Waals surface area contributed by atoms with E-state index in [1.807, 2.05) is 30.5 Å². The lowest BCUT2D eigenvalue weighted by molar-refractivity contribution is -0.121. The summed E-state index contributed by atoms with van der Waals surface area (Å²) in [5, 5.41) is 7.03. The number of aryl methyl sites for hydroxylation is 1. The van der Waals surface area contributed by atoms with Gasteiger partial charge in [-0.25, -0.2) is 0 Å². The van der Waals surface area contributed by atoms with Gasteiger partial charge in [-0.05, 0) is 17.5 Å². The van der Waals surface area contributed by atoms with Crippen LogP contribution < -0.4 is 5.32 Å². The highest BCUT2D eigenvalue weighted by molar-refractivity contribution is 5.75. The lowest BCUT2D eigenvalue weighted by atomic mass is 10.0. The normalized spacial score (nSPS) is 12.1. The second-order valence-corrected chi connectivity index (χ2v) is 4.63. The number of aromatic nitrogens is 2. The van der Waals surface area contributed by atoms with Crippen molar-refractivity contribution in [2.45, 2.75) is 25.8 Å². The summed E-state index contributed by atoms with van der Waals surface area (Å²) in [5.74, 6) is 0.396. The molecule has 0 radical (unpaired) electrons. The molecule has 1 aromatic carbocycles. The number of nitrogens with zero attached hydrogens (tertiary/aromatic N) is 2. The van der Waals surface area contributed by atoms with Crippen molar-refractivity contribution in [2.75, 3.05) is 6.54 Å². The molecule has 4 nitrogen and oxygen atoms in total. The Morgan fingerprint density at radius 2 is 2.11 bits per heavy atom. The number of carbonyl (C=O) groups excluding carboxylic acids is 1. The second-order valence-electron chi connectivity index (χ2n) is 4.63. The zero-order chi connectivity index (χ0) is 13.5. The van der Waals surface area contributed by atoms with Crippen molar-refractivity contribution < 1.29 is 4.79 Å². The van der Waals surface area contributed by atoms with Crippen LogP contribution in [0.15, 0.2) is 48.8 Å². The van der Waals surface area contributed by atoms with Crippen molar-refractivity contribution in [3.8, 4) is 0 Å². The van der Waals surface area contributed by atoms with Crippen LogP contribution in [0.1, 0.15) is 24.8 Å². The zero-order valence-electron chi connectivity index (χ0n) is 11.1. The summed E-state index contributed by atoms with van der Waals surface area (Å²) in [6.45, 7) is 3.41. The molecular formula is C15H19N3O. The number of rotatable bonds is 6. The summed E-state index contributed by atoms with van der Waals surface area (Å²) >= 11 is 0. The van der Waals surface area contributed by atoms with Gasteiger partial charge in [-0.1, -0.05) is 37.3 Å². The van der Waals surface area contributed by atoms with E-state index in [0.29, 0.717) is 25.4 Å². The highest BCUT2D eigenvalue weighted by Gasteiger charge is 2.07. The lowest BCUT2D eigenvalue weighted by Crippen LogP contribution is -2.28. The maximum absolute atomic E-state index is 11.7. The molecule has 0 aliphatic carbocycles. The van der Waals surface area contributed by atoms with E-state index in [4.69, 9.17) is 0 Å².